The molecule has 0 aliphatic rings. The number of rotatable bonds is 5. The van der Waals surface area contributed by atoms with E-state index in [0.29, 0.717) is 0 Å². The second kappa shape index (κ2) is 7.31. The molecule has 0 aliphatic heterocycles. The van der Waals surface area contributed by atoms with E-state index >= 15 is 0 Å². The fourth-order valence-corrected chi connectivity index (χ4v) is 2.71. The van der Waals surface area contributed by atoms with E-state index in [4.69, 9.17) is 9.47 Å². The first kappa shape index (κ1) is 14.9. The fraction of sp³-hybridized carbons (Fsp3) is 0.0526. The Hall–Kier alpha value is -2.01. The van der Waals surface area contributed by atoms with E-state index in [9.17, 15) is 0 Å². The highest BCUT2D eigenvalue weighted by Crippen LogP contribution is 2.29. The highest BCUT2D eigenvalue weighted by molar-refractivity contribution is 14.1. The Labute approximate surface area is 143 Å². The molecule has 0 N–H and O–H groups in total. The third-order valence-corrected chi connectivity index (χ3v) is 4.08. The summed E-state index contributed by atoms with van der Waals surface area (Å²) in [5.41, 5.74) is 1.15. The summed E-state index contributed by atoms with van der Waals surface area (Å²) in [4.78, 5) is 0. The molecule has 22 heavy (non-hydrogen) atoms. The smallest absolute Gasteiger partial charge is 0.174 e. The Morgan fingerprint density at radius 3 is 1.73 bits per heavy atom. The lowest BCUT2D eigenvalue weighted by Gasteiger charge is -2.14. The maximum absolute atomic E-state index is 5.94. The molecule has 0 heterocycles. The molecular weight excluding hydrogens is 387 g/mol. The number of para-hydroxylation sites is 1. The highest BCUT2D eigenvalue weighted by Gasteiger charge is 2.08. The maximum atomic E-state index is 5.94. The molecule has 3 aromatic rings. The quantitative estimate of drug-likeness (QED) is 0.386. The molecule has 0 saturated heterocycles. The van der Waals surface area contributed by atoms with Crippen LogP contribution >= 0.6 is 22.6 Å². The van der Waals surface area contributed by atoms with Crippen molar-refractivity contribution in [1.29, 1.82) is 0 Å². The topological polar surface area (TPSA) is 18.5 Å². The van der Waals surface area contributed by atoms with E-state index in [1.807, 2.05) is 72.8 Å². The molecule has 0 spiro atoms. The van der Waals surface area contributed by atoms with E-state index in [1.165, 1.54) is 0 Å². The van der Waals surface area contributed by atoms with Crippen LogP contribution in [0.3, 0.4) is 0 Å². The molecule has 0 aliphatic carbocycles. The van der Waals surface area contributed by atoms with Crippen molar-refractivity contribution < 1.29 is 9.47 Å². The van der Waals surface area contributed by atoms with Gasteiger partial charge in [-0.15, -0.1) is 0 Å². The molecule has 0 bridgehead atoms. The molecule has 110 valence electrons. The Bertz CT molecular complexity index is 697. The Morgan fingerprint density at radius 2 is 1.09 bits per heavy atom. The van der Waals surface area contributed by atoms with Crippen LogP contribution in [-0.2, 0) is 0 Å². The fourth-order valence-electron chi connectivity index (χ4n) is 2.00. The van der Waals surface area contributed by atoms with Crippen molar-refractivity contribution in [2.75, 3.05) is 0 Å². The average molecular weight is 402 g/mol. The van der Waals surface area contributed by atoms with E-state index in [1.54, 1.807) is 0 Å². The van der Waals surface area contributed by atoms with Crippen LogP contribution in [-0.4, -0.2) is 0 Å². The maximum Gasteiger partial charge on any atom is 0.174 e. The molecule has 0 aromatic heterocycles. The second-order valence-electron chi connectivity index (χ2n) is 4.73. The summed E-state index contributed by atoms with van der Waals surface area (Å²) >= 11 is 2.28. The van der Waals surface area contributed by atoms with Gasteiger partial charge in [0.2, 0.25) is 0 Å². The molecular formula is C19H15IO2. The van der Waals surface area contributed by atoms with Crippen LogP contribution < -0.4 is 9.47 Å². The van der Waals surface area contributed by atoms with Gasteiger partial charge in [0.1, 0.15) is 17.2 Å². The average Bonchev–Trinajstić information content (AvgIpc) is 2.58. The zero-order valence-electron chi connectivity index (χ0n) is 11.9. The molecule has 2 nitrogen and oxygen atoms in total. The third-order valence-electron chi connectivity index (χ3n) is 3.10. The number of benzene rings is 3. The van der Waals surface area contributed by atoms with Gasteiger partial charge in [0.15, 0.2) is 4.11 Å². The second-order valence-corrected chi connectivity index (χ2v) is 5.86. The normalized spacial score (nSPS) is 11.7. The van der Waals surface area contributed by atoms with Crippen molar-refractivity contribution in [1.82, 2.24) is 0 Å². The lowest BCUT2D eigenvalue weighted by atomic mass is 10.2. The lowest BCUT2D eigenvalue weighted by Crippen LogP contribution is -1.99. The Balaban J connectivity index is 1.64. The molecule has 0 fully saturated rings. The minimum absolute atomic E-state index is 0.0142. The predicted octanol–water partition coefficient (Wildman–Crippen LogP) is 5.99. The lowest BCUT2D eigenvalue weighted by molar-refractivity contribution is 0.310. The van der Waals surface area contributed by atoms with Crippen LogP contribution in [0.1, 0.15) is 9.67 Å². The van der Waals surface area contributed by atoms with Crippen molar-refractivity contribution in [3.63, 3.8) is 0 Å². The monoisotopic (exact) mass is 402 g/mol. The largest absolute Gasteiger partial charge is 0.475 e. The minimum Gasteiger partial charge on any atom is -0.475 e. The molecule has 3 rings (SSSR count). The standard InChI is InChI=1S/C19H15IO2/c20-19(15-7-3-1-4-8-15)22-18-13-11-17(12-14-18)21-16-9-5-2-6-10-16/h1-14,19H. The summed E-state index contributed by atoms with van der Waals surface area (Å²) in [6.07, 6.45) is 0. The first-order valence-electron chi connectivity index (χ1n) is 7.00. The summed E-state index contributed by atoms with van der Waals surface area (Å²) in [6.45, 7) is 0. The van der Waals surface area contributed by atoms with E-state index in [0.717, 1.165) is 22.8 Å². The summed E-state index contributed by atoms with van der Waals surface area (Å²) < 4.78 is 11.7. The van der Waals surface area contributed by atoms with Gasteiger partial charge in [-0.25, -0.2) is 0 Å². The SMILES string of the molecule is IC(Oc1ccc(Oc2ccccc2)cc1)c1ccccc1. The summed E-state index contributed by atoms with van der Waals surface area (Å²) in [5.74, 6) is 2.44. The number of hydrogen-bond acceptors (Lipinski definition) is 2. The number of ether oxygens (including phenoxy) is 2. The van der Waals surface area contributed by atoms with Crippen molar-refractivity contribution in [2.45, 2.75) is 4.11 Å². The molecule has 1 atom stereocenters. The molecule has 0 saturated carbocycles. The molecule has 3 heteroatoms. The first-order chi connectivity index (χ1) is 10.8. The molecule has 1 unspecified atom stereocenters. The van der Waals surface area contributed by atoms with E-state index < -0.39 is 0 Å². The highest BCUT2D eigenvalue weighted by atomic mass is 127. The number of alkyl halides is 1. The zero-order valence-corrected chi connectivity index (χ0v) is 14.0. The summed E-state index contributed by atoms with van der Waals surface area (Å²) in [7, 11) is 0. The Morgan fingerprint density at radius 1 is 0.591 bits per heavy atom. The molecule has 0 amide bonds. The summed E-state index contributed by atoms with van der Waals surface area (Å²) in [5, 5.41) is 0. The Kier molecular flexibility index (Phi) is 4.96. The number of halogens is 1. The van der Waals surface area contributed by atoms with Gasteiger partial charge in [0, 0.05) is 5.56 Å². The van der Waals surface area contributed by atoms with Crippen LogP contribution in [0.2, 0.25) is 0 Å². The van der Waals surface area contributed by atoms with Crippen LogP contribution in [0.5, 0.6) is 17.2 Å². The van der Waals surface area contributed by atoms with Crippen LogP contribution in [0, 0.1) is 0 Å². The van der Waals surface area contributed by atoms with Gasteiger partial charge in [-0.2, -0.15) is 0 Å². The van der Waals surface area contributed by atoms with Gasteiger partial charge < -0.3 is 9.47 Å². The van der Waals surface area contributed by atoms with E-state index in [-0.39, 0.29) is 4.11 Å². The van der Waals surface area contributed by atoms with Crippen LogP contribution in [0.15, 0.2) is 84.9 Å². The number of hydrogen-bond donors (Lipinski definition) is 0. The van der Waals surface area contributed by atoms with Gasteiger partial charge in [0.05, 0.1) is 0 Å². The minimum atomic E-state index is -0.0142. The van der Waals surface area contributed by atoms with Crippen LogP contribution in [0.4, 0.5) is 0 Å². The van der Waals surface area contributed by atoms with Crippen molar-refractivity contribution in [3.8, 4) is 17.2 Å². The van der Waals surface area contributed by atoms with Crippen molar-refractivity contribution in [3.05, 3.63) is 90.5 Å². The van der Waals surface area contributed by atoms with Crippen molar-refractivity contribution >= 4 is 22.6 Å². The van der Waals surface area contributed by atoms with E-state index in [2.05, 4.69) is 34.7 Å². The predicted molar refractivity (Wildman–Crippen MR) is 96.8 cm³/mol. The van der Waals surface area contributed by atoms with Gasteiger partial charge in [-0.3, -0.25) is 0 Å². The summed E-state index contributed by atoms with van der Waals surface area (Å²) in [6, 6.07) is 27.6. The van der Waals surface area contributed by atoms with Gasteiger partial charge in [-0.05, 0) is 59.0 Å². The van der Waals surface area contributed by atoms with Crippen molar-refractivity contribution in [2.24, 2.45) is 0 Å². The molecule has 0 radical (unpaired) electrons. The van der Waals surface area contributed by atoms with Gasteiger partial charge in [0.25, 0.3) is 0 Å². The van der Waals surface area contributed by atoms with Crippen LogP contribution in [0.25, 0.3) is 0 Å². The zero-order chi connectivity index (χ0) is 15.2. The van der Waals surface area contributed by atoms with Gasteiger partial charge in [-0.1, -0.05) is 48.5 Å². The van der Waals surface area contributed by atoms with Gasteiger partial charge >= 0.3 is 0 Å². The first-order valence-corrected chi connectivity index (χ1v) is 8.24. The third kappa shape index (κ3) is 4.01. The molecule has 3 aromatic carbocycles.